The fourth-order valence-corrected chi connectivity index (χ4v) is 2.81. The molecule has 1 aliphatic rings. The molecule has 126 valence electrons. The number of hydrogen-bond donors (Lipinski definition) is 1. The molecule has 0 spiro atoms. The number of nitrogens with zero attached hydrogens (tertiary/aromatic N) is 4. The van der Waals surface area contributed by atoms with Gasteiger partial charge in [0.1, 0.15) is 0 Å². The van der Waals surface area contributed by atoms with Gasteiger partial charge in [-0.05, 0) is 17.5 Å². The summed E-state index contributed by atoms with van der Waals surface area (Å²) in [6, 6.07) is 4.40. The first-order valence-corrected chi connectivity index (χ1v) is 7.88. The molecule has 0 bridgehead atoms. The van der Waals surface area contributed by atoms with E-state index in [1.807, 2.05) is 12.3 Å². The van der Waals surface area contributed by atoms with Crippen molar-refractivity contribution in [3.63, 3.8) is 0 Å². The molecule has 1 fully saturated rings. The Bertz CT molecular complexity index is 589. The Morgan fingerprint density at radius 1 is 1.43 bits per heavy atom. The lowest BCUT2D eigenvalue weighted by molar-refractivity contribution is 0.135. The molecular weight excluding hydrogens is 314 g/mol. The first kappa shape index (κ1) is 17.8. The Morgan fingerprint density at radius 2 is 2.30 bits per heavy atom. The van der Waals surface area contributed by atoms with Crippen LogP contribution >= 0.6 is 12.4 Å². The summed E-state index contributed by atoms with van der Waals surface area (Å²) in [5.41, 5.74) is 1.22. The maximum atomic E-state index is 5.41. The Morgan fingerprint density at radius 3 is 3.04 bits per heavy atom. The molecular formula is C16H24ClN5O. The minimum Gasteiger partial charge on any atom is -0.338 e. The molecule has 0 radical (unpaired) electrons. The lowest BCUT2D eigenvalue weighted by atomic mass is 10.1. The predicted octanol–water partition coefficient (Wildman–Crippen LogP) is 2.23. The standard InChI is InChI=1S/C16H23N5O.ClH/c1-12(2)8-15-19-16(22-20-15)11-21-7-6-18-10-14(21)13-4-3-5-17-9-13;/h3-5,9,12,14,18H,6-8,10-11H2,1-2H3;1H. The van der Waals surface area contributed by atoms with Crippen molar-refractivity contribution >= 4 is 12.4 Å². The smallest absolute Gasteiger partial charge is 0.240 e. The van der Waals surface area contributed by atoms with Crippen molar-refractivity contribution in [3.8, 4) is 0 Å². The third-order valence-corrected chi connectivity index (χ3v) is 3.86. The minimum absolute atomic E-state index is 0. The second-order valence-electron chi connectivity index (χ2n) is 6.18. The zero-order valence-corrected chi connectivity index (χ0v) is 14.4. The summed E-state index contributed by atoms with van der Waals surface area (Å²) in [4.78, 5) is 11.1. The number of rotatable bonds is 5. The van der Waals surface area contributed by atoms with Crippen LogP contribution in [0.4, 0.5) is 0 Å². The lowest BCUT2D eigenvalue weighted by Gasteiger charge is -2.35. The molecule has 6 nitrogen and oxygen atoms in total. The molecule has 1 N–H and O–H groups in total. The number of nitrogens with one attached hydrogen (secondary N) is 1. The molecule has 1 atom stereocenters. The summed E-state index contributed by atoms with van der Waals surface area (Å²) in [6.07, 6.45) is 4.60. The van der Waals surface area contributed by atoms with Crippen LogP contribution in [0.25, 0.3) is 0 Å². The highest BCUT2D eigenvalue weighted by atomic mass is 35.5. The number of piperazine rings is 1. The van der Waals surface area contributed by atoms with E-state index in [-0.39, 0.29) is 12.4 Å². The van der Waals surface area contributed by atoms with Gasteiger partial charge in [0.25, 0.3) is 0 Å². The highest BCUT2D eigenvalue weighted by Crippen LogP contribution is 2.23. The van der Waals surface area contributed by atoms with Crippen molar-refractivity contribution in [2.24, 2.45) is 5.92 Å². The van der Waals surface area contributed by atoms with Gasteiger partial charge < -0.3 is 9.84 Å². The molecule has 0 saturated carbocycles. The van der Waals surface area contributed by atoms with E-state index in [1.165, 1.54) is 5.56 Å². The van der Waals surface area contributed by atoms with Gasteiger partial charge in [0.15, 0.2) is 5.82 Å². The summed E-state index contributed by atoms with van der Waals surface area (Å²) in [5.74, 6) is 2.04. The molecule has 0 aliphatic carbocycles. The van der Waals surface area contributed by atoms with Crippen LogP contribution in [-0.4, -0.2) is 39.7 Å². The zero-order chi connectivity index (χ0) is 15.4. The van der Waals surface area contributed by atoms with Crippen LogP contribution < -0.4 is 5.32 Å². The first-order valence-electron chi connectivity index (χ1n) is 7.88. The fraction of sp³-hybridized carbons (Fsp3) is 0.562. The van der Waals surface area contributed by atoms with Gasteiger partial charge in [0.2, 0.25) is 5.89 Å². The topological polar surface area (TPSA) is 67.1 Å². The van der Waals surface area contributed by atoms with Crippen LogP contribution in [0.1, 0.15) is 37.2 Å². The molecule has 0 amide bonds. The quantitative estimate of drug-likeness (QED) is 0.902. The van der Waals surface area contributed by atoms with Crippen molar-refractivity contribution in [2.75, 3.05) is 19.6 Å². The van der Waals surface area contributed by atoms with Gasteiger partial charge in [-0.3, -0.25) is 9.88 Å². The molecule has 1 saturated heterocycles. The summed E-state index contributed by atoms with van der Waals surface area (Å²) in [6.45, 7) is 7.85. The highest BCUT2D eigenvalue weighted by molar-refractivity contribution is 5.85. The largest absolute Gasteiger partial charge is 0.338 e. The van der Waals surface area contributed by atoms with E-state index in [2.05, 4.69) is 45.3 Å². The molecule has 23 heavy (non-hydrogen) atoms. The summed E-state index contributed by atoms with van der Waals surface area (Å²) in [5, 5.41) is 7.52. The first-order chi connectivity index (χ1) is 10.7. The van der Waals surface area contributed by atoms with Crippen LogP contribution in [0.15, 0.2) is 29.0 Å². The molecule has 0 aromatic carbocycles. The molecule has 2 aromatic rings. The van der Waals surface area contributed by atoms with E-state index in [9.17, 15) is 0 Å². The zero-order valence-electron chi connectivity index (χ0n) is 13.6. The third kappa shape index (κ3) is 4.73. The fourth-order valence-electron chi connectivity index (χ4n) is 2.81. The summed E-state index contributed by atoms with van der Waals surface area (Å²) in [7, 11) is 0. The maximum absolute atomic E-state index is 5.41. The summed E-state index contributed by atoms with van der Waals surface area (Å²) < 4.78 is 5.41. The Balaban J connectivity index is 0.00000192. The number of aromatic nitrogens is 3. The lowest BCUT2D eigenvalue weighted by Crippen LogP contribution is -2.45. The number of halogens is 1. The van der Waals surface area contributed by atoms with Crippen LogP contribution in [0.5, 0.6) is 0 Å². The van der Waals surface area contributed by atoms with Gasteiger partial charge in [-0.1, -0.05) is 25.1 Å². The Hall–Kier alpha value is -1.50. The van der Waals surface area contributed by atoms with Crippen LogP contribution in [0.2, 0.25) is 0 Å². The average molecular weight is 338 g/mol. The average Bonchev–Trinajstić information content (AvgIpc) is 2.95. The van der Waals surface area contributed by atoms with Gasteiger partial charge >= 0.3 is 0 Å². The summed E-state index contributed by atoms with van der Waals surface area (Å²) >= 11 is 0. The van der Waals surface area contributed by atoms with Crippen molar-refractivity contribution in [3.05, 3.63) is 41.8 Å². The Labute approximate surface area is 143 Å². The Kier molecular flexibility index (Phi) is 6.50. The molecule has 2 aromatic heterocycles. The monoisotopic (exact) mass is 337 g/mol. The van der Waals surface area contributed by atoms with E-state index in [1.54, 1.807) is 6.20 Å². The maximum Gasteiger partial charge on any atom is 0.240 e. The van der Waals surface area contributed by atoms with Gasteiger partial charge in [-0.25, -0.2) is 0 Å². The van der Waals surface area contributed by atoms with Crippen molar-refractivity contribution in [1.29, 1.82) is 0 Å². The van der Waals surface area contributed by atoms with Crippen LogP contribution in [0.3, 0.4) is 0 Å². The van der Waals surface area contributed by atoms with Gasteiger partial charge in [0.05, 0.1) is 6.54 Å². The number of pyridine rings is 1. The van der Waals surface area contributed by atoms with Crippen LogP contribution in [0, 0.1) is 5.92 Å². The van der Waals surface area contributed by atoms with E-state index in [0.717, 1.165) is 31.9 Å². The molecule has 1 unspecified atom stereocenters. The van der Waals surface area contributed by atoms with Gasteiger partial charge in [0, 0.05) is 44.5 Å². The minimum atomic E-state index is 0. The van der Waals surface area contributed by atoms with Crippen LogP contribution in [-0.2, 0) is 13.0 Å². The van der Waals surface area contributed by atoms with E-state index in [0.29, 0.717) is 24.4 Å². The van der Waals surface area contributed by atoms with E-state index in [4.69, 9.17) is 4.52 Å². The SMILES string of the molecule is CC(C)Cc1noc(CN2CCNCC2c2cccnc2)n1.Cl. The normalized spacial score (nSPS) is 18.8. The third-order valence-electron chi connectivity index (χ3n) is 3.86. The second kappa shape index (κ2) is 8.38. The van der Waals surface area contributed by atoms with E-state index < -0.39 is 0 Å². The van der Waals surface area contributed by atoms with Gasteiger partial charge in [-0.2, -0.15) is 4.98 Å². The van der Waals surface area contributed by atoms with Crippen molar-refractivity contribution in [2.45, 2.75) is 32.9 Å². The molecule has 1 aliphatic heterocycles. The molecule has 3 rings (SSSR count). The second-order valence-corrected chi connectivity index (χ2v) is 6.18. The van der Waals surface area contributed by atoms with Gasteiger partial charge in [-0.15, -0.1) is 12.4 Å². The van der Waals surface area contributed by atoms with Crippen molar-refractivity contribution < 1.29 is 4.52 Å². The number of hydrogen-bond acceptors (Lipinski definition) is 6. The highest BCUT2D eigenvalue weighted by Gasteiger charge is 2.25. The predicted molar refractivity (Wildman–Crippen MR) is 90.3 cm³/mol. The van der Waals surface area contributed by atoms with E-state index >= 15 is 0 Å². The molecule has 3 heterocycles. The molecule has 7 heteroatoms. The van der Waals surface area contributed by atoms with Crippen molar-refractivity contribution in [1.82, 2.24) is 25.3 Å².